The first-order valence-electron chi connectivity index (χ1n) is 7.35. The topological polar surface area (TPSA) is 94.1 Å². The summed E-state index contributed by atoms with van der Waals surface area (Å²) in [6.45, 7) is 3.33. The Labute approximate surface area is 135 Å². The first kappa shape index (κ1) is 18.9. The number of hydrogen-bond donors (Lipinski definition) is 2. The van der Waals surface area contributed by atoms with Crippen molar-refractivity contribution in [2.24, 2.45) is 0 Å². The van der Waals surface area contributed by atoms with Gasteiger partial charge in [-0.3, -0.25) is 0 Å². The van der Waals surface area contributed by atoms with Crippen molar-refractivity contribution in [2.75, 3.05) is 33.9 Å². The van der Waals surface area contributed by atoms with Gasteiger partial charge in [-0.25, -0.2) is 9.59 Å². The minimum absolute atomic E-state index is 0.0513. The number of nitrogens with one attached hydrogen (secondary N) is 1. The van der Waals surface area contributed by atoms with Crippen LogP contribution in [0.2, 0.25) is 0 Å². The summed E-state index contributed by atoms with van der Waals surface area (Å²) in [7, 11) is 2.45. The lowest BCUT2D eigenvalue weighted by atomic mass is 10.1. The number of carbonyl (C=O) groups is 2. The second-order valence-corrected chi connectivity index (χ2v) is 4.86. The highest BCUT2D eigenvalue weighted by molar-refractivity contribution is 6.03. The summed E-state index contributed by atoms with van der Waals surface area (Å²) in [4.78, 5) is 23.4. The van der Waals surface area contributed by atoms with Crippen LogP contribution in [0.25, 0.3) is 0 Å². The molecule has 128 valence electrons. The van der Waals surface area contributed by atoms with E-state index >= 15 is 0 Å². The van der Waals surface area contributed by atoms with Crippen molar-refractivity contribution in [3.63, 3.8) is 0 Å². The Bertz CT molecular complexity index is 531. The lowest BCUT2D eigenvalue weighted by molar-refractivity contribution is 0.0554. The molecule has 0 fully saturated rings. The number of methoxy groups -OCH3 is 2. The van der Waals surface area contributed by atoms with E-state index in [4.69, 9.17) is 4.74 Å². The highest BCUT2D eigenvalue weighted by Gasteiger charge is 2.19. The summed E-state index contributed by atoms with van der Waals surface area (Å²) in [5.74, 6) is -0.950. The molecule has 1 aromatic carbocycles. The van der Waals surface area contributed by atoms with Gasteiger partial charge < -0.3 is 24.6 Å². The lowest BCUT2D eigenvalue weighted by Gasteiger charge is -2.14. The minimum Gasteiger partial charge on any atom is -0.491 e. The van der Waals surface area contributed by atoms with E-state index in [-0.39, 0.29) is 17.7 Å². The summed E-state index contributed by atoms with van der Waals surface area (Å²) in [5.41, 5.74) is 0.146. The molecule has 0 saturated heterocycles. The molecule has 0 amide bonds. The van der Waals surface area contributed by atoms with Crippen molar-refractivity contribution in [1.29, 1.82) is 0 Å². The third-order valence-electron chi connectivity index (χ3n) is 3.05. The third kappa shape index (κ3) is 5.88. The number of carbonyl (C=O) groups excluding carboxylic acids is 2. The van der Waals surface area contributed by atoms with Gasteiger partial charge in [-0.2, -0.15) is 0 Å². The Morgan fingerprint density at radius 1 is 1.17 bits per heavy atom. The van der Waals surface area contributed by atoms with Crippen molar-refractivity contribution in [1.82, 2.24) is 5.32 Å². The molecule has 0 aliphatic carbocycles. The zero-order valence-electron chi connectivity index (χ0n) is 13.6. The molecule has 7 nitrogen and oxygen atoms in total. The smallest absolute Gasteiger partial charge is 0.338 e. The highest BCUT2D eigenvalue weighted by Crippen LogP contribution is 2.20. The van der Waals surface area contributed by atoms with E-state index in [2.05, 4.69) is 14.8 Å². The van der Waals surface area contributed by atoms with E-state index in [0.29, 0.717) is 12.3 Å². The minimum atomic E-state index is -0.677. The van der Waals surface area contributed by atoms with Crippen LogP contribution in [-0.4, -0.2) is 57.1 Å². The predicted octanol–water partition coefficient (Wildman–Crippen LogP) is 0.999. The van der Waals surface area contributed by atoms with Crippen LogP contribution in [0.3, 0.4) is 0 Å². The van der Waals surface area contributed by atoms with Crippen molar-refractivity contribution < 1.29 is 28.9 Å². The van der Waals surface area contributed by atoms with Gasteiger partial charge in [-0.1, -0.05) is 6.92 Å². The number of hydrogen-bond acceptors (Lipinski definition) is 7. The average molecular weight is 325 g/mol. The van der Waals surface area contributed by atoms with Gasteiger partial charge in [0.05, 0.1) is 25.3 Å². The summed E-state index contributed by atoms with van der Waals surface area (Å²) >= 11 is 0. The quantitative estimate of drug-likeness (QED) is 0.516. The van der Waals surface area contributed by atoms with Crippen LogP contribution in [0.4, 0.5) is 0 Å². The van der Waals surface area contributed by atoms with Crippen molar-refractivity contribution >= 4 is 11.9 Å². The summed E-state index contributed by atoms with van der Waals surface area (Å²) in [6, 6.07) is 4.35. The number of aliphatic hydroxyl groups is 1. The molecule has 1 atom stereocenters. The molecule has 7 heteroatoms. The molecule has 0 spiro atoms. The molecule has 1 unspecified atom stereocenters. The van der Waals surface area contributed by atoms with Crippen LogP contribution >= 0.6 is 0 Å². The Kier molecular flexibility index (Phi) is 8.07. The van der Waals surface area contributed by atoms with Gasteiger partial charge in [-0.15, -0.1) is 0 Å². The molecule has 0 heterocycles. The average Bonchev–Trinajstić information content (AvgIpc) is 2.58. The van der Waals surface area contributed by atoms with Crippen LogP contribution in [-0.2, 0) is 9.47 Å². The zero-order valence-corrected chi connectivity index (χ0v) is 13.6. The number of ether oxygens (including phenoxy) is 3. The predicted molar refractivity (Wildman–Crippen MR) is 83.8 cm³/mol. The van der Waals surface area contributed by atoms with E-state index < -0.39 is 18.0 Å². The van der Waals surface area contributed by atoms with E-state index in [1.54, 1.807) is 0 Å². The molecule has 23 heavy (non-hydrogen) atoms. The molecule has 1 rings (SSSR count). The highest BCUT2D eigenvalue weighted by atomic mass is 16.5. The third-order valence-corrected chi connectivity index (χ3v) is 3.05. The Morgan fingerprint density at radius 3 is 2.43 bits per heavy atom. The normalized spacial score (nSPS) is 11.7. The van der Waals surface area contributed by atoms with Crippen LogP contribution in [0.1, 0.15) is 34.1 Å². The maximum Gasteiger partial charge on any atom is 0.338 e. The van der Waals surface area contributed by atoms with Gasteiger partial charge >= 0.3 is 11.9 Å². The molecule has 0 bridgehead atoms. The van der Waals surface area contributed by atoms with E-state index in [1.807, 2.05) is 6.92 Å². The van der Waals surface area contributed by atoms with Crippen molar-refractivity contribution in [2.45, 2.75) is 19.4 Å². The maximum absolute atomic E-state index is 11.8. The van der Waals surface area contributed by atoms with Crippen molar-refractivity contribution in [3.05, 3.63) is 29.3 Å². The van der Waals surface area contributed by atoms with Gasteiger partial charge in [0.2, 0.25) is 0 Å². The monoisotopic (exact) mass is 325 g/mol. The Hall–Kier alpha value is -2.12. The first-order valence-corrected chi connectivity index (χ1v) is 7.35. The molecule has 0 aliphatic heterocycles. The molecule has 0 aromatic heterocycles. The lowest BCUT2D eigenvalue weighted by Crippen LogP contribution is -2.31. The molecule has 2 N–H and O–H groups in total. The molecular formula is C16H23NO6. The molecule has 0 radical (unpaired) electrons. The standard InChI is InChI=1S/C16H23NO6/c1-4-7-17-9-11(18)10-23-12-5-6-13(15(19)21-2)14(8-12)16(20)22-3/h5-6,8,11,17-18H,4,7,9-10H2,1-3H3. The molecular weight excluding hydrogens is 302 g/mol. The van der Waals surface area contributed by atoms with E-state index in [9.17, 15) is 14.7 Å². The van der Waals surface area contributed by atoms with Crippen molar-refractivity contribution in [3.8, 4) is 5.75 Å². The number of aliphatic hydroxyl groups excluding tert-OH is 1. The van der Waals surface area contributed by atoms with Crippen LogP contribution in [0, 0.1) is 0 Å². The summed E-state index contributed by atoms with van der Waals surface area (Å²) in [5, 5.41) is 12.9. The fourth-order valence-electron chi connectivity index (χ4n) is 1.88. The number of benzene rings is 1. The van der Waals surface area contributed by atoms with Crippen LogP contribution in [0.15, 0.2) is 18.2 Å². The van der Waals surface area contributed by atoms with Crippen LogP contribution < -0.4 is 10.1 Å². The fourth-order valence-corrected chi connectivity index (χ4v) is 1.88. The van der Waals surface area contributed by atoms with Gasteiger partial charge in [0.15, 0.2) is 0 Å². The Balaban J connectivity index is 2.77. The van der Waals surface area contributed by atoms with Crippen LogP contribution in [0.5, 0.6) is 5.75 Å². The maximum atomic E-state index is 11.8. The van der Waals surface area contributed by atoms with Gasteiger partial charge in [0.25, 0.3) is 0 Å². The summed E-state index contributed by atoms with van der Waals surface area (Å²) < 4.78 is 14.7. The molecule has 1 aromatic rings. The van der Waals surface area contributed by atoms with Gasteiger partial charge in [0.1, 0.15) is 18.5 Å². The van der Waals surface area contributed by atoms with E-state index in [1.165, 1.54) is 32.4 Å². The van der Waals surface area contributed by atoms with Gasteiger partial charge in [0, 0.05) is 6.54 Å². The first-order chi connectivity index (χ1) is 11.0. The Morgan fingerprint density at radius 2 is 1.83 bits per heavy atom. The van der Waals surface area contributed by atoms with E-state index in [0.717, 1.165) is 13.0 Å². The SMILES string of the molecule is CCCNCC(O)COc1ccc(C(=O)OC)c(C(=O)OC)c1. The zero-order chi connectivity index (χ0) is 17.2. The van der Waals surface area contributed by atoms with Gasteiger partial charge in [-0.05, 0) is 31.2 Å². The largest absolute Gasteiger partial charge is 0.491 e. The molecule has 0 saturated carbocycles. The fraction of sp³-hybridized carbons (Fsp3) is 0.500. The second kappa shape index (κ2) is 9.81. The number of rotatable bonds is 9. The second-order valence-electron chi connectivity index (χ2n) is 4.86. The molecule has 0 aliphatic rings. The summed E-state index contributed by atoms with van der Waals surface area (Å²) in [6.07, 6.45) is 0.300. The number of esters is 2.